The summed E-state index contributed by atoms with van der Waals surface area (Å²) < 4.78 is 5.35. The molecular weight excluding hydrogens is 212 g/mol. The van der Waals surface area contributed by atoms with Crippen LogP contribution in [0.3, 0.4) is 0 Å². The van der Waals surface area contributed by atoms with Gasteiger partial charge >= 0.3 is 0 Å². The van der Waals surface area contributed by atoms with Crippen LogP contribution in [0.1, 0.15) is 24.1 Å². The number of nitrogens with one attached hydrogen (secondary N) is 1. The molecule has 0 bridgehead atoms. The third-order valence-corrected chi connectivity index (χ3v) is 3.92. The van der Waals surface area contributed by atoms with Crippen molar-refractivity contribution in [2.24, 2.45) is 5.92 Å². The minimum absolute atomic E-state index is 0.532. The maximum atomic E-state index is 5.35. The van der Waals surface area contributed by atoms with Gasteiger partial charge in [0.2, 0.25) is 0 Å². The normalized spacial score (nSPS) is 26.8. The van der Waals surface area contributed by atoms with Crippen molar-refractivity contribution in [3.8, 4) is 5.75 Å². The van der Waals surface area contributed by atoms with E-state index in [9.17, 15) is 0 Å². The quantitative estimate of drug-likeness (QED) is 0.845. The Morgan fingerprint density at radius 3 is 3.18 bits per heavy atom. The molecule has 3 heteroatoms. The molecule has 90 valence electrons. The maximum absolute atomic E-state index is 5.35. The number of rotatable bonds is 2. The Morgan fingerprint density at radius 1 is 1.47 bits per heavy atom. The van der Waals surface area contributed by atoms with E-state index in [1.54, 1.807) is 7.11 Å². The zero-order chi connectivity index (χ0) is 11.8. The lowest BCUT2D eigenvalue weighted by Gasteiger charge is -2.16. The van der Waals surface area contributed by atoms with E-state index in [-0.39, 0.29) is 0 Å². The molecule has 1 fully saturated rings. The molecule has 0 radical (unpaired) electrons. The molecule has 1 aliphatic carbocycles. The summed E-state index contributed by atoms with van der Waals surface area (Å²) in [5.74, 6) is 1.67. The number of hydrogen-bond donors (Lipinski definition) is 1. The van der Waals surface area contributed by atoms with Crippen LogP contribution in [0.5, 0.6) is 5.75 Å². The van der Waals surface area contributed by atoms with Crippen molar-refractivity contribution in [3.05, 3.63) is 29.6 Å². The van der Waals surface area contributed by atoms with E-state index in [4.69, 9.17) is 4.74 Å². The number of aromatic nitrogens is 1. The van der Waals surface area contributed by atoms with Gasteiger partial charge in [0.25, 0.3) is 0 Å². The van der Waals surface area contributed by atoms with Gasteiger partial charge in [0.05, 0.1) is 12.8 Å². The number of pyridine rings is 1. The minimum atomic E-state index is 0.532. The smallest absolute Gasteiger partial charge is 0.140 e. The van der Waals surface area contributed by atoms with Crippen LogP contribution in [-0.4, -0.2) is 24.7 Å². The van der Waals surface area contributed by atoms with Gasteiger partial charge < -0.3 is 10.1 Å². The van der Waals surface area contributed by atoms with Crippen molar-refractivity contribution in [2.45, 2.75) is 25.8 Å². The molecule has 3 nitrogen and oxygen atoms in total. The van der Waals surface area contributed by atoms with Crippen molar-refractivity contribution in [3.63, 3.8) is 0 Å². The van der Waals surface area contributed by atoms with Crippen LogP contribution < -0.4 is 10.1 Å². The molecule has 0 amide bonds. The molecule has 1 aliphatic heterocycles. The molecule has 0 spiro atoms. The van der Waals surface area contributed by atoms with E-state index in [0.717, 1.165) is 23.9 Å². The van der Waals surface area contributed by atoms with E-state index < -0.39 is 0 Å². The summed E-state index contributed by atoms with van der Waals surface area (Å²) in [7, 11) is 1.70. The molecule has 0 unspecified atom stereocenters. The average molecular weight is 230 g/mol. The third-order valence-electron chi connectivity index (χ3n) is 3.92. The number of methoxy groups -OCH3 is 1. The highest BCUT2D eigenvalue weighted by Crippen LogP contribution is 2.38. The summed E-state index contributed by atoms with van der Waals surface area (Å²) in [4.78, 5) is 4.42. The number of allylic oxidation sites excluding steroid dienone is 1. The van der Waals surface area contributed by atoms with Gasteiger partial charge in [-0.3, -0.25) is 4.98 Å². The fourth-order valence-corrected chi connectivity index (χ4v) is 2.96. The van der Waals surface area contributed by atoms with Crippen LogP contribution >= 0.6 is 0 Å². The van der Waals surface area contributed by atoms with E-state index in [1.165, 1.54) is 24.0 Å². The van der Waals surface area contributed by atoms with Gasteiger partial charge in [-0.05, 0) is 43.9 Å². The first-order valence-corrected chi connectivity index (χ1v) is 6.24. The van der Waals surface area contributed by atoms with Crippen LogP contribution in [0.25, 0.3) is 5.57 Å². The Balaban J connectivity index is 1.94. The van der Waals surface area contributed by atoms with Gasteiger partial charge in [-0.25, -0.2) is 0 Å². The highest BCUT2D eigenvalue weighted by Gasteiger charge is 2.34. The molecule has 2 aliphatic rings. The lowest BCUT2D eigenvalue weighted by Crippen LogP contribution is -2.24. The second-order valence-corrected chi connectivity index (χ2v) is 4.89. The van der Waals surface area contributed by atoms with Crippen LogP contribution in [0.4, 0.5) is 0 Å². The van der Waals surface area contributed by atoms with Gasteiger partial charge in [-0.2, -0.15) is 0 Å². The fraction of sp³-hybridized carbons (Fsp3) is 0.500. The zero-order valence-corrected chi connectivity index (χ0v) is 10.4. The molecule has 0 saturated carbocycles. The Kier molecular flexibility index (Phi) is 2.63. The number of fused-ring (bicyclic) bond motifs is 1. The first-order chi connectivity index (χ1) is 8.29. The van der Waals surface area contributed by atoms with Gasteiger partial charge in [0, 0.05) is 17.8 Å². The Hall–Kier alpha value is -1.35. The van der Waals surface area contributed by atoms with E-state index in [1.807, 2.05) is 13.1 Å². The summed E-state index contributed by atoms with van der Waals surface area (Å²) in [6.07, 6.45) is 6.81. The lowest BCUT2D eigenvalue weighted by molar-refractivity contribution is 0.409. The number of nitrogens with zero attached hydrogens (tertiary/aromatic N) is 1. The zero-order valence-electron chi connectivity index (χ0n) is 10.4. The molecule has 1 saturated heterocycles. The number of ether oxygens (including phenoxy) is 1. The highest BCUT2D eigenvalue weighted by molar-refractivity contribution is 5.73. The monoisotopic (exact) mass is 230 g/mol. The summed E-state index contributed by atoms with van der Waals surface area (Å²) in [6, 6.07) is 2.64. The molecule has 0 aromatic carbocycles. The van der Waals surface area contributed by atoms with Crippen LogP contribution in [0.15, 0.2) is 18.3 Å². The van der Waals surface area contributed by atoms with Gasteiger partial charge in [-0.15, -0.1) is 0 Å². The fourth-order valence-electron chi connectivity index (χ4n) is 2.96. The minimum Gasteiger partial charge on any atom is -0.495 e. The van der Waals surface area contributed by atoms with E-state index >= 15 is 0 Å². The lowest BCUT2D eigenvalue weighted by atomic mass is 9.97. The highest BCUT2D eigenvalue weighted by atomic mass is 16.5. The molecule has 1 aromatic heterocycles. The second kappa shape index (κ2) is 4.15. The largest absolute Gasteiger partial charge is 0.495 e. The van der Waals surface area contributed by atoms with Gasteiger partial charge in [0.1, 0.15) is 5.75 Å². The predicted octanol–water partition coefficient (Wildman–Crippen LogP) is 2.16. The predicted molar refractivity (Wildman–Crippen MR) is 68.0 cm³/mol. The number of hydrogen-bond acceptors (Lipinski definition) is 3. The Labute approximate surface area is 102 Å². The summed E-state index contributed by atoms with van der Waals surface area (Å²) in [5, 5.41) is 3.58. The summed E-state index contributed by atoms with van der Waals surface area (Å²) in [6.45, 7) is 3.12. The van der Waals surface area contributed by atoms with E-state index in [0.29, 0.717) is 6.04 Å². The molecular formula is C14H18N2O. The molecule has 2 atom stereocenters. The maximum Gasteiger partial charge on any atom is 0.140 e. The standard InChI is InChI=1S/C14H18N2O/c1-9-13(17-2)7-11(8-16-9)12-4-3-10-5-6-15-14(10)12/h4,7-8,10,14-15H,3,5-6H2,1-2H3/t10-,14+/m1/s1. The molecule has 2 heterocycles. The number of aryl methyl sites for hydroxylation is 1. The topological polar surface area (TPSA) is 34.1 Å². The first-order valence-electron chi connectivity index (χ1n) is 6.24. The SMILES string of the molecule is COc1cc(C2=CC[C@@H]3CCN[C@H]23)cnc1C. The third kappa shape index (κ3) is 1.75. The Morgan fingerprint density at radius 2 is 2.35 bits per heavy atom. The average Bonchev–Trinajstić information content (AvgIpc) is 2.92. The first kappa shape index (κ1) is 10.8. The van der Waals surface area contributed by atoms with Crippen LogP contribution in [0, 0.1) is 12.8 Å². The Bertz CT molecular complexity index is 467. The van der Waals surface area contributed by atoms with Crippen molar-refractivity contribution in [2.75, 3.05) is 13.7 Å². The van der Waals surface area contributed by atoms with Crippen molar-refractivity contribution < 1.29 is 4.74 Å². The summed E-state index contributed by atoms with van der Waals surface area (Å²) >= 11 is 0. The van der Waals surface area contributed by atoms with Crippen molar-refractivity contribution >= 4 is 5.57 Å². The van der Waals surface area contributed by atoms with Gasteiger partial charge in [-0.1, -0.05) is 6.08 Å². The summed E-state index contributed by atoms with van der Waals surface area (Å²) in [5.41, 5.74) is 3.55. The molecule has 1 N–H and O–H groups in total. The van der Waals surface area contributed by atoms with Gasteiger partial charge in [0.15, 0.2) is 0 Å². The molecule has 1 aromatic rings. The van der Waals surface area contributed by atoms with E-state index in [2.05, 4.69) is 22.4 Å². The van der Waals surface area contributed by atoms with Crippen molar-refractivity contribution in [1.29, 1.82) is 0 Å². The van der Waals surface area contributed by atoms with Crippen LogP contribution in [0.2, 0.25) is 0 Å². The molecule has 17 heavy (non-hydrogen) atoms. The van der Waals surface area contributed by atoms with Crippen molar-refractivity contribution in [1.82, 2.24) is 10.3 Å². The molecule has 3 rings (SSSR count). The second-order valence-electron chi connectivity index (χ2n) is 4.89. The van der Waals surface area contributed by atoms with Crippen LogP contribution in [-0.2, 0) is 0 Å².